The number of rotatable bonds is 3. The van der Waals surface area contributed by atoms with Crippen LogP contribution in [-0.4, -0.2) is 42.4 Å². The van der Waals surface area contributed by atoms with Crippen LogP contribution < -0.4 is 0 Å². The second-order valence-corrected chi connectivity index (χ2v) is 7.55. The van der Waals surface area contributed by atoms with Crippen molar-refractivity contribution in [3.63, 3.8) is 0 Å². The van der Waals surface area contributed by atoms with Gasteiger partial charge >= 0.3 is 0 Å². The van der Waals surface area contributed by atoms with Crippen molar-refractivity contribution in [2.45, 2.75) is 38.8 Å². The Labute approximate surface area is 138 Å². The zero-order chi connectivity index (χ0) is 15.9. The summed E-state index contributed by atoms with van der Waals surface area (Å²) in [4.78, 5) is 16.2. The van der Waals surface area contributed by atoms with E-state index in [1.807, 2.05) is 24.1 Å². The lowest BCUT2D eigenvalue weighted by molar-refractivity contribution is -0.134. The summed E-state index contributed by atoms with van der Waals surface area (Å²) in [5.41, 5.74) is 2.60. The number of hydrogen-bond donors (Lipinski definition) is 0. The maximum atomic E-state index is 11.9. The molecule has 1 aliphatic heterocycles. The van der Waals surface area contributed by atoms with Crippen LogP contribution in [-0.2, 0) is 11.3 Å². The molecule has 2 fully saturated rings. The third kappa shape index (κ3) is 3.16. The normalized spacial score (nSPS) is 28.3. The van der Waals surface area contributed by atoms with Gasteiger partial charge in [0.05, 0.1) is 0 Å². The Balaban J connectivity index is 1.64. The number of carbonyl (C=O) groups excluding carboxylic acids is 1. The van der Waals surface area contributed by atoms with Crippen LogP contribution in [0.15, 0.2) is 18.2 Å². The molecule has 0 unspecified atom stereocenters. The van der Waals surface area contributed by atoms with Crippen LogP contribution in [0.25, 0.3) is 0 Å². The molecule has 0 N–H and O–H groups in total. The summed E-state index contributed by atoms with van der Waals surface area (Å²) in [7, 11) is 4.15. The van der Waals surface area contributed by atoms with Crippen molar-refractivity contribution in [3.8, 4) is 0 Å². The second-order valence-electron chi connectivity index (χ2n) is 7.11. The summed E-state index contributed by atoms with van der Waals surface area (Å²) in [5, 5.41) is 0.803. The van der Waals surface area contributed by atoms with Crippen LogP contribution in [0.4, 0.5) is 0 Å². The van der Waals surface area contributed by atoms with Gasteiger partial charge in [0.1, 0.15) is 0 Å². The van der Waals surface area contributed by atoms with E-state index >= 15 is 0 Å². The minimum absolute atomic E-state index is 0.318. The Morgan fingerprint density at radius 1 is 1.32 bits per heavy atom. The van der Waals surface area contributed by atoms with Crippen LogP contribution in [0.2, 0.25) is 5.02 Å². The van der Waals surface area contributed by atoms with Gasteiger partial charge in [-0.15, -0.1) is 0 Å². The SMILES string of the molecule is Cc1cc(Cl)ccc1CN(C)[C@@H]1C[C@@H]2CC(=O)N(C)C[C@@H]2C1. The topological polar surface area (TPSA) is 23.6 Å². The number of piperidine rings is 1. The predicted molar refractivity (Wildman–Crippen MR) is 89.9 cm³/mol. The van der Waals surface area contributed by atoms with Gasteiger partial charge in [0.15, 0.2) is 0 Å². The Morgan fingerprint density at radius 2 is 2.05 bits per heavy atom. The van der Waals surface area contributed by atoms with Crippen molar-refractivity contribution in [1.82, 2.24) is 9.80 Å². The largest absolute Gasteiger partial charge is 0.345 e. The lowest BCUT2D eigenvalue weighted by Crippen LogP contribution is -2.39. The van der Waals surface area contributed by atoms with Crippen molar-refractivity contribution < 1.29 is 4.79 Å². The van der Waals surface area contributed by atoms with E-state index in [-0.39, 0.29) is 0 Å². The second kappa shape index (κ2) is 6.21. The van der Waals surface area contributed by atoms with Crippen LogP contribution in [0.1, 0.15) is 30.4 Å². The number of carbonyl (C=O) groups is 1. The molecule has 1 heterocycles. The Hall–Kier alpha value is -1.06. The molecule has 1 saturated heterocycles. The van der Waals surface area contributed by atoms with Gasteiger partial charge in [-0.05, 0) is 61.9 Å². The Kier molecular flexibility index (Phi) is 4.47. The van der Waals surface area contributed by atoms with Gasteiger partial charge in [-0.3, -0.25) is 9.69 Å². The van der Waals surface area contributed by atoms with Gasteiger partial charge in [0.2, 0.25) is 5.91 Å². The molecule has 3 atom stereocenters. The van der Waals surface area contributed by atoms with Crippen LogP contribution in [0, 0.1) is 18.8 Å². The van der Waals surface area contributed by atoms with Crippen molar-refractivity contribution >= 4 is 17.5 Å². The quantitative estimate of drug-likeness (QED) is 0.853. The summed E-state index contributed by atoms with van der Waals surface area (Å²) >= 11 is 6.04. The number of halogens is 1. The molecule has 0 aromatic heterocycles. The van der Waals surface area contributed by atoms with E-state index < -0.39 is 0 Å². The molecule has 1 amide bonds. The molecule has 22 heavy (non-hydrogen) atoms. The minimum Gasteiger partial charge on any atom is -0.345 e. The number of hydrogen-bond acceptors (Lipinski definition) is 2. The molecule has 4 heteroatoms. The lowest BCUT2D eigenvalue weighted by atomic mass is 9.88. The molecule has 0 spiro atoms. The summed E-state index contributed by atoms with van der Waals surface area (Å²) in [6.45, 7) is 4.02. The highest BCUT2D eigenvalue weighted by Crippen LogP contribution is 2.40. The number of nitrogens with zero attached hydrogens (tertiary/aromatic N) is 2. The van der Waals surface area contributed by atoms with Gasteiger partial charge in [0, 0.05) is 37.6 Å². The first kappa shape index (κ1) is 15.8. The first-order chi connectivity index (χ1) is 10.4. The Bertz CT molecular complexity index is 574. The highest BCUT2D eigenvalue weighted by Gasteiger charge is 2.41. The number of fused-ring (bicyclic) bond motifs is 1. The smallest absolute Gasteiger partial charge is 0.222 e. The lowest BCUT2D eigenvalue weighted by Gasteiger charge is -2.31. The fourth-order valence-corrected chi connectivity index (χ4v) is 4.31. The fourth-order valence-electron chi connectivity index (χ4n) is 4.08. The summed E-state index contributed by atoms with van der Waals surface area (Å²) < 4.78 is 0. The molecule has 3 nitrogen and oxygen atoms in total. The van der Waals surface area contributed by atoms with E-state index in [0.717, 1.165) is 31.0 Å². The van der Waals surface area contributed by atoms with Gasteiger partial charge in [0.25, 0.3) is 0 Å². The molecule has 1 aromatic carbocycles. The zero-order valence-electron chi connectivity index (χ0n) is 13.7. The molecule has 1 aliphatic carbocycles. The Morgan fingerprint density at radius 3 is 2.77 bits per heavy atom. The number of benzene rings is 1. The standard InChI is InChI=1S/C18H25ClN2O/c1-12-6-16(19)5-4-13(12)10-20(2)17-7-14-9-18(22)21(3)11-15(14)8-17/h4-6,14-15,17H,7-11H2,1-3H3/t14-,15+,17-/m1/s1. The van der Waals surface area contributed by atoms with E-state index in [1.54, 1.807) is 0 Å². The average molecular weight is 321 g/mol. The van der Waals surface area contributed by atoms with Gasteiger partial charge < -0.3 is 4.90 Å². The monoisotopic (exact) mass is 320 g/mol. The fraction of sp³-hybridized carbons (Fsp3) is 0.611. The van der Waals surface area contributed by atoms with Crippen molar-refractivity contribution in [1.29, 1.82) is 0 Å². The van der Waals surface area contributed by atoms with Gasteiger partial charge in [-0.1, -0.05) is 17.7 Å². The van der Waals surface area contributed by atoms with Crippen molar-refractivity contribution in [2.24, 2.45) is 11.8 Å². The molecule has 1 saturated carbocycles. The summed E-state index contributed by atoms with van der Waals surface area (Å²) in [6, 6.07) is 6.73. The molecule has 0 radical (unpaired) electrons. The predicted octanol–water partition coefficient (Wildman–Crippen LogP) is 3.34. The van der Waals surface area contributed by atoms with E-state index in [0.29, 0.717) is 23.8 Å². The highest BCUT2D eigenvalue weighted by atomic mass is 35.5. The number of amides is 1. The third-order valence-electron chi connectivity index (χ3n) is 5.53. The van der Waals surface area contributed by atoms with E-state index in [2.05, 4.69) is 24.9 Å². The van der Waals surface area contributed by atoms with Gasteiger partial charge in [-0.2, -0.15) is 0 Å². The molecule has 2 aliphatic rings. The van der Waals surface area contributed by atoms with E-state index in [4.69, 9.17) is 11.6 Å². The summed E-state index contributed by atoms with van der Waals surface area (Å²) in [6.07, 6.45) is 3.12. The maximum absolute atomic E-state index is 11.9. The third-order valence-corrected chi connectivity index (χ3v) is 5.77. The van der Waals surface area contributed by atoms with Gasteiger partial charge in [-0.25, -0.2) is 0 Å². The molecular formula is C18H25ClN2O. The van der Waals surface area contributed by atoms with Crippen LogP contribution >= 0.6 is 11.6 Å². The van der Waals surface area contributed by atoms with Crippen LogP contribution in [0.5, 0.6) is 0 Å². The summed E-state index contributed by atoms with van der Waals surface area (Å²) in [5.74, 6) is 1.59. The minimum atomic E-state index is 0.318. The molecule has 120 valence electrons. The van der Waals surface area contributed by atoms with Crippen LogP contribution in [0.3, 0.4) is 0 Å². The molecule has 3 rings (SSSR count). The molecular weight excluding hydrogens is 296 g/mol. The van der Waals surface area contributed by atoms with E-state index in [9.17, 15) is 4.79 Å². The molecule has 0 bridgehead atoms. The van der Waals surface area contributed by atoms with Crippen molar-refractivity contribution in [3.05, 3.63) is 34.3 Å². The van der Waals surface area contributed by atoms with Crippen molar-refractivity contribution in [2.75, 3.05) is 20.6 Å². The maximum Gasteiger partial charge on any atom is 0.222 e. The number of aryl methyl sites for hydroxylation is 1. The first-order valence-corrected chi connectivity index (χ1v) is 8.51. The highest BCUT2D eigenvalue weighted by molar-refractivity contribution is 6.30. The average Bonchev–Trinajstić information content (AvgIpc) is 2.85. The number of likely N-dealkylation sites (tertiary alicyclic amines) is 1. The van der Waals surface area contributed by atoms with E-state index in [1.165, 1.54) is 17.5 Å². The first-order valence-electron chi connectivity index (χ1n) is 8.13. The molecule has 1 aromatic rings. The zero-order valence-corrected chi connectivity index (χ0v) is 14.4.